The van der Waals surface area contributed by atoms with Crippen molar-refractivity contribution in [1.82, 2.24) is 0 Å². The molecule has 0 spiro atoms. The first-order valence-corrected chi connectivity index (χ1v) is 25.0. The summed E-state index contributed by atoms with van der Waals surface area (Å²) in [5, 5.41) is 0. The van der Waals surface area contributed by atoms with Crippen LogP contribution in [0.4, 0.5) is 0 Å². The smallest absolute Gasteiger partial charge is 0.457 e. The lowest BCUT2D eigenvalue weighted by Crippen LogP contribution is -2.37. The van der Waals surface area contributed by atoms with Crippen LogP contribution in [0.5, 0.6) is 0 Å². The Morgan fingerprint density at radius 1 is 0.533 bits per heavy atom. The van der Waals surface area contributed by atoms with E-state index in [1.165, 1.54) is 32.1 Å². The van der Waals surface area contributed by atoms with E-state index in [-0.39, 0.29) is 25.8 Å². The van der Waals surface area contributed by atoms with Gasteiger partial charge >= 0.3 is 13.8 Å². The van der Waals surface area contributed by atoms with Gasteiger partial charge in [0.25, 0.3) is 0 Å². The monoisotopic (exact) mass is 859 g/mol. The maximum absolute atomic E-state index is 12.7. The third-order valence-electron chi connectivity index (χ3n) is 9.38. The molecule has 1 N–H and O–H groups in total. The Hall–Kier alpha value is -2.58. The van der Waals surface area contributed by atoms with Crippen LogP contribution in [0.15, 0.2) is 97.2 Å². The highest BCUT2D eigenvalue weighted by atomic mass is 31.2. The van der Waals surface area contributed by atoms with Crippen LogP contribution in [0.2, 0.25) is 0 Å². The molecule has 0 radical (unpaired) electrons. The lowest BCUT2D eigenvalue weighted by Gasteiger charge is -2.24. The molecule has 2 atom stereocenters. The van der Waals surface area contributed by atoms with Gasteiger partial charge in [-0.15, -0.1) is 0 Å². The van der Waals surface area contributed by atoms with Gasteiger partial charge in [-0.25, -0.2) is 4.57 Å². The van der Waals surface area contributed by atoms with E-state index in [1.807, 2.05) is 21.1 Å². The molecule has 0 bridgehead atoms. The van der Waals surface area contributed by atoms with E-state index in [9.17, 15) is 14.3 Å². The van der Waals surface area contributed by atoms with Crippen molar-refractivity contribution < 1.29 is 37.3 Å². The Labute approximate surface area is 368 Å². The molecule has 0 saturated carbocycles. The summed E-state index contributed by atoms with van der Waals surface area (Å²) in [6, 6.07) is 0. The molecule has 0 heterocycles. The Bertz CT molecular complexity index is 1270. The molecule has 0 aliphatic carbocycles. The number of rotatable bonds is 42. The molecule has 0 aromatic rings. The first-order valence-electron chi connectivity index (χ1n) is 23.5. The second-order valence-corrected chi connectivity index (χ2v) is 17.9. The van der Waals surface area contributed by atoms with Gasteiger partial charge in [0, 0.05) is 13.0 Å². The van der Waals surface area contributed by atoms with Crippen LogP contribution < -0.4 is 0 Å². The maximum Gasteiger partial charge on any atom is 0.472 e. The first kappa shape index (κ1) is 57.4. The normalized spacial score (nSPS) is 14.6. The fraction of sp³-hybridized carbons (Fsp3) is 0.667. The number of phosphoric acid groups is 1. The number of ether oxygens (including phenoxy) is 2. The highest BCUT2D eigenvalue weighted by Crippen LogP contribution is 2.43. The summed E-state index contributed by atoms with van der Waals surface area (Å²) in [6.07, 6.45) is 58.7. The predicted octanol–water partition coefficient (Wildman–Crippen LogP) is 14.2. The minimum Gasteiger partial charge on any atom is -0.457 e. The molecule has 0 fully saturated rings. The van der Waals surface area contributed by atoms with Crippen molar-refractivity contribution >= 4 is 13.8 Å². The third-order valence-corrected chi connectivity index (χ3v) is 10.4. The second kappa shape index (κ2) is 43.1. The summed E-state index contributed by atoms with van der Waals surface area (Å²) >= 11 is 0. The molecular formula is C51H89NO7P+. The van der Waals surface area contributed by atoms with Crippen molar-refractivity contribution in [2.24, 2.45) is 0 Å². The van der Waals surface area contributed by atoms with Crippen LogP contribution in [-0.4, -0.2) is 75.6 Å². The zero-order chi connectivity index (χ0) is 44.1. The van der Waals surface area contributed by atoms with Crippen molar-refractivity contribution in [3.63, 3.8) is 0 Å². The molecule has 9 heteroatoms. The molecule has 0 amide bonds. The third kappa shape index (κ3) is 46.5. The second-order valence-electron chi connectivity index (χ2n) is 16.4. The lowest BCUT2D eigenvalue weighted by atomic mass is 10.1. The standard InChI is InChI=1S/C51H88NO7P/c1-6-8-10-12-14-16-18-20-22-23-24-25-26-27-28-29-30-31-33-35-37-39-41-43-46-56-48-50(49-58-60(54,55)57-47-45-52(3,4)5)59-51(53)44-42-40-38-36-34-32-21-19-17-15-13-11-9-7-2/h8,10,13-16,19-22,24-25,27-28,30-31,50H,6-7,9,11-12,17-18,23,26,29,32-49H2,1-5H3/p+1/b10-8-,15-13-,16-14-,21-19-,22-20-,25-24-,28-27-,31-30-. The number of allylic oxidation sites excluding steroid dienone is 16. The number of unbranched alkanes of at least 4 members (excludes halogenated alkanes) is 12. The number of quaternary nitrogens is 1. The summed E-state index contributed by atoms with van der Waals surface area (Å²) in [5.41, 5.74) is 0. The number of esters is 1. The van der Waals surface area contributed by atoms with Crippen molar-refractivity contribution in [1.29, 1.82) is 0 Å². The summed E-state index contributed by atoms with van der Waals surface area (Å²) in [7, 11) is 1.63. The van der Waals surface area contributed by atoms with Crippen LogP contribution in [0, 0.1) is 0 Å². The first-order chi connectivity index (χ1) is 29.1. The summed E-state index contributed by atoms with van der Waals surface area (Å²) in [6.45, 7) is 5.37. The van der Waals surface area contributed by atoms with Crippen LogP contribution in [0.1, 0.15) is 162 Å². The zero-order valence-corrected chi connectivity index (χ0v) is 39.8. The molecule has 0 aliphatic rings. The molecule has 0 aromatic carbocycles. The molecule has 8 nitrogen and oxygen atoms in total. The molecule has 344 valence electrons. The van der Waals surface area contributed by atoms with Gasteiger partial charge in [-0.3, -0.25) is 13.8 Å². The quantitative estimate of drug-likeness (QED) is 0.0215. The average Bonchev–Trinajstić information content (AvgIpc) is 3.20. The van der Waals surface area contributed by atoms with Gasteiger partial charge in [0.1, 0.15) is 19.3 Å². The van der Waals surface area contributed by atoms with Crippen molar-refractivity contribution in [3.05, 3.63) is 97.2 Å². The van der Waals surface area contributed by atoms with E-state index in [2.05, 4.69) is 111 Å². The van der Waals surface area contributed by atoms with E-state index in [1.54, 1.807) is 0 Å². The fourth-order valence-electron chi connectivity index (χ4n) is 5.75. The highest BCUT2D eigenvalue weighted by Gasteiger charge is 2.26. The van der Waals surface area contributed by atoms with Crippen LogP contribution in [0.25, 0.3) is 0 Å². The molecule has 0 rings (SSSR count). The van der Waals surface area contributed by atoms with E-state index in [0.29, 0.717) is 24.1 Å². The zero-order valence-electron chi connectivity index (χ0n) is 38.9. The average molecular weight is 859 g/mol. The van der Waals surface area contributed by atoms with Crippen LogP contribution in [-0.2, 0) is 27.9 Å². The van der Waals surface area contributed by atoms with Crippen molar-refractivity contribution in [2.75, 3.05) is 54.1 Å². The SMILES string of the molecule is CC/C=C\C/C=C\C/C=C\C/C=C\C/C=C\C/C=C\CCCCCCCOCC(COP(=O)(O)OCC[N+](C)(C)C)OC(=O)CCCCCCC/C=C\C/C=C\CCCC. The van der Waals surface area contributed by atoms with E-state index < -0.39 is 13.9 Å². The Balaban J connectivity index is 4.26. The Kier molecular flexibility index (Phi) is 41.2. The molecule has 2 unspecified atom stereocenters. The highest BCUT2D eigenvalue weighted by molar-refractivity contribution is 7.47. The molecule has 0 aromatic heterocycles. The Morgan fingerprint density at radius 3 is 1.45 bits per heavy atom. The molecule has 0 saturated heterocycles. The van der Waals surface area contributed by atoms with Crippen molar-refractivity contribution in [2.45, 2.75) is 168 Å². The number of nitrogens with zero attached hydrogens (tertiary/aromatic N) is 1. The molecule has 60 heavy (non-hydrogen) atoms. The van der Waals surface area contributed by atoms with Gasteiger partial charge in [-0.1, -0.05) is 162 Å². The maximum atomic E-state index is 12.7. The fourth-order valence-corrected chi connectivity index (χ4v) is 6.49. The van der Waals surface area contributed by atoms with E-state index in [4.69, 9.17) is 18.5 Å². The number of hydrogen-bond acceptors (Lipinski definition) is 6. The summed E-state index contributed by atoms with van der Waals surface area (Å²) in [4.78, 5) is 22.9. The number of phosphoric ester groups is 1. The van der Waals surface area contributed by atoms with Gasteiger partial charge < -0.3 is 18.9 Å². The van der Waals surface area contributed by atoms with Gasteiger partial charge in [-0.05, 0) is 89.9 Å². The van der Waals surface area contributed by atoms with Crippen LogP contribution >= 0.6 is 7.82 Å². The number of carbonyl (C=O) groups is 1. The van der Waals surface area contributed by atoms with Gasteiger partial charge in [0.2, 0.25) is 0 Å². The van der Waals surface area contributed by atoms with Gasteiger partial charge in [0.05, 0.1) is 34.4 Å². The summed E-state index contributed by atoms with van der Waals surface area (Å²) < 4.78 is 35.0. The van der Waals surface area contributed by atoms with Gasteiger partial charge in [-0.2, -0.15) is 0 Å². The van der Waals surface area contributed by atoms with E-state index in [0.717, 1.165) is 109 Å². The molecule has 0 aliphatic heterocycles. The predicted molar refractivity (Wildman–Crippen MR) is 256 cm³/mol. The number of carbonyl (C=O) groups excluding carboxylic acids is 1. The topological polar surface area (TPSA) is 91.3 Å². The molecular weight excluding hydrogens is 770 g/mol. The van der Waals surface area contributed by atoms with Gasteiger partial charge in [0.15, 0.2) is 0 Å². The minimum atomic E-state index is -4.29. The van der Waals surface area contributed by atoms with Crippen molar-refractivity contribution in [3.8, 4) is 0 Å². The minimum absolute atomic E-state index is 0.0758. The van der Waals surface area contributed by atoms with Crippen LogP contribution in [0.3, 0.4) is 0 Å². The lowest BCUT2D eigenvalue weighted by molar-refractivity contribution is -0.870. The Morgan fingerprint density at radius 2 is 0.967 bits per heavy atom. The summed E-state index contributed by atoms with van der Waals surface area (Å²) in [5.74, 6) is -0.340. The number of hydrogen-bond donors (Lipinski definition) is 1. The largest absolute Gasteiger partial charge is 0.472 e. The number of likely N-dealkylation sites (N-methyl/N-ethyl adjacent to an activating group) is 1. The van der Waals surface area contributed by atoms with E-state index >= 15 is 0 Å².